The lowest BCUT2D eigenvalue weighted by Crippen LogP contribution is -2.36. The third kappa shape index (κ3) is 4.70. The number of likely N-dealkylation sites (N-methyl/N-ethyl adjacent to an activating group) is 1. The molecule has 1 atom stereocenters. The maximum atomic E-state index is 12.8. The van der Waals surface area contributed by atoms with Crippen LogP contribution in [-0.2, 0) is 17.6 Å². The molecular weight excluding hydrogens is 402 g/mol. The fourth-order valence-corrected chi connectivity index (χ4v) is 4.03. The molecule has 0 spiro atoms. The smallest absolute Gasteiger partial charge is 0.339 e. The van der Waals surface area contributed by atoms with Gasteiger partial charge in [0.25, 0.3) is 0 Å². The zero-order valence-corrected chi connectivity index (χ0v) is 18.8. The first-order valence-corrected chi connectivity index (χ1v) is 10.5. The molecule has 1 aromatic heterocycles. The van der Waals surface area contributed by atoms with E-state index >= 15 is 0 Å². The molecule has 1 aromatic carbocycles. The zero-order valence-electron chi connectivity index (χ0n) is 18.8. The highest BCUT2D eigenvalue weighted by Crippen LogP contribution is 2.43. The van der Waals surface area contributed by atoms with E-state index in [9.17, 15) is 14.7 Å². The Bertz CT molecular complexity index is 1040. The van der Waals surface area contributed by atoms with E-state index in [4.69, 9.17) is 19.0 Å². The molecule has 1 aliphatic rings. The summed E-state index contributed by atoms with van der Waals surface area (Å²) in [6, 6.07) is 1.84. The van der Waals surface area contributed by atoms with Crippen LogP contribution in [-0.4, -0.2) is 60.0 Å². The van der Waals surface area contributed by atoms with Crippen molar-refractivity contribution in [2.45, 2.75) is 58.2 Å². The summed E-state index contributed by atoms with van der Waals surface area (Å²) in [5.41, 5.74) is 1.70. The van der Waals surface area contributed by atoms with Gasteiger partial charge in [0.05, 0.1) is 25.2 Å². The summed E-state index contributed by atoms with van der Waals surface area (Å²) in [5, 5.41) is 19.2. The molecule has 1 aliphatic heterocycles. The van der Waals surface area contributed by atoms with E-state index < -0.39 is 18.3 Å². The molecule has 0 radical (unpaired) electrons. The number of aliphatic hydroxyl groups is 2. The molecule has 31 heavy (non-hydrogen) atoms. The van der Waals surface area contributed by atoms with Crippen molar-refractivity contribution in [2.24, 2.45) is 0 Å². The quantitative estimate of drug-likeness (QED) is 0.643. The fraction of sp³-hybridized carbons (Fsp3) is 0.565. The van der Waals surface area contributed by atoms with E-state index in [1.54, 1.807) is 14.2 Å². The number of aryl methyl sites for hydroxylation is 2. The number of hydrogen-bond donors (Lipinski definition) is 2. The number of ether oxygens (including phenoxy) is 2. The normalized spacial score (nSPS) is 15.8. The Morgan fingerprint density at radius 2 is 2.10 bits per heavy atom. The van der Waals surface area contributed by atoms with E-state index in [2.05, 4.69) is 0 Å². The summed E-state index contributed by atoms with van der Waals surface area (Å²) in [6.45, 7) is 5.48. The van der Waals surface area contributed by atoms with Crippen LogP contribution in [0.1, 0.15) is 43.4 Å². The maximum absolute atomic E-state index is 12.8. The molecule has 0 unspecified atom stereocenters. The topological polar surface area (TPSA) is 109 Å². The molecule has 170 valence electrons. The lowest BCUT2D eigenvalue weighted by molar-refractivity contribution is -0.131. The molecule has 0 fully saturated rings. The van der Waals surface area contributed by atoms with Crippen molar-refractivity contribution in [3.8, 4) is 11.5 Å². The summed E-state index contributed by atoms with van der Waals surface area (Å²) in [7, 11) is 3.11. The standard InChI is InChI=1S/C23H31NO7/c1-13-15(6-7-19(27)24(4)11-14(26)12-25)22(28)30-21-16-8-9-23(2,3)31-17(16)10-18(29-5)20(13)21/h10,14,25-26H,6-9,11-12H2,1-5H3/t14-/m1/s1. The van der Waals surface area contributed by atoms with Gasteiger partial charge in [-0.15, -0.1) is 0 Å². The van der Waals surface area contributed by atoms with Crippen molar-refractivity contribution >= 4 is 16.9 Å². The largest absolute Gasteiger partial charge is 0.496 e. The molecule has 8 nitrogen and oxygen atoms in total. The minimum atomic E-state index is -0.996. The zero-order chi connectivity index (χ0) is 22.9. The summed E-state index contributed by atoms with van der Waals surface area (Å²) in [6.07, 6.45) is 0.805. The van der Waals surface area contributed by atoms with E-state index in [0.717, 1.165) is 29.4 Å². The molecule has 2 aromatic rings. The van der Waals surface area contributed by atoms with Crippen molar-refractivity contribution in [1.29, 1.82) is 0 Å². The van der Waals surface area contributed by atoms with Crippen LogP contribution in [0.3, 0.4) is 0 Å². The lowest BCUT2D eigenvalue weighted by Gasteiger charge is -2.33. The average molecular weight is 434 g/mol. The molecule has 2 N–H and O–H groups in total. The van der Waals surface area contributed by atoms with Crippen molar-refractivity contribution in [3.05, 3.63) is 33.2 Å². The molecule has 3 rings (SSSR count). The maximum Gasteiger partial charge on any atom is 0.339 e. The number of aliphatic hydroxyl groups excluding tert-OH is 2. The van der Waals surface area contributed by atoms with Crippen LogP contribution in [0.4, 0.5) is 0 Å². The molecule has 1 amide bonds. The molecule has 2 heterocycles. The number of benzene rings is 1. The van der Waals surface area contributed by atoms with Gasteiger partial charge in [0.2, 0.25) is 5.91 Å². The van der Waals surface area contributed by atoms with Crippen molar-refractivity contribution < 1.29 is 28.9 Å². The predicted octanol–water partition coefficient (Wildman–Crippen LogP) is 1.96. The highest BCUT2D eigenvalue weighted by Gasteiger charge is 2.31. The van der Waals surface area contributed by atoms with Crippen LogP contribution < -0.4 is 15.1 Å². The van der Waals surface area contributed by atoms with Gasteiger partial charge in [0, 0.05) is 37.2 Å². The first-order chi connectivity index (χ1) is 14.6. The molecule has 0 bridgehead atoms. The second-order valence-corrected chi connectivity index (χ2v) is 8.73. The van der Waals surface area contributed by atoms with Gasteiger partial charge in [-0.1, -0.05) is 0 Å². The Morgan fingerprint density at radius 1 is 1.39 bits per heavy atom. The third-order valence-electron chi connectivity index (χ3n) is 5.87. The Hall–Kier alpha value is -2.58. The van der Waals surface area contributed by atoms with Gasteiger partial charge in [0.15, 0.2) is 0 Å². The van der Waals surface area contributed by atoms with Crippen molar-refractivity contribution in [1.82, 2.24) is 4.90 Å². The summed E-state index contributed by atoms with van der Waals surface area (Å²) in [5.74, 6) is 0.984. The SMILES string of the molecule is COc1cc2c(c3oc(=O)c(CCC(=O)N(C)C[C@@H](O)CO)c(C)c13)CCC(C)(C)O2. The van der Waals surface area contributed by atoms with Gasteiger partial charge >= 0.3 is 5.63 Å². The van der Waals surface area contributed by atoms with Gasteiger partial charge in [-0.2, -0.15) is 0 Å². The Balaban J connectivity index is 1.96. The lowest BCUT2D eigenvalue weighted by atomic mass is 9.91. The van der Waals surface area contributed by atoms with Gasteiger partial charge in [-0.3, -0.25) is 4.79 Å². The van der Waals surface area contributed by atoms with Crippen LogP contribution in [0.25, 0.3) is 11.0 Å². The molecule has 0 saturated carbocycles. The highest BCUT2D eigenvalue weighted by molar-refractivity contribution is 5.92. The van der Waals surface area contributed by atoms with Crippen molar-refractivity contribution in [2.75, 3.05) is 27.3 Å². The molecule has 0 aliphatic carbocycles. The number of amides is 1. The van der Waals surface area contributed by atoms with Crippen LogP contribution in [0.2, 0.25) is 0 Å². The second kappa shape index (κ2) is 8.88. The third-order valence-corrected chi connectivity index (χ3v) is 5.87. The molecule has 8 heteroatoms. The summed E-state index contributed by atoms with van der Waals surface area (Å²) in [4.78, 5) is 26.6. The number of hydrogen-bond acceptors (Lipinski definition) is 7. The number of nitrogens with zero attached hydrogens (tertiary/aromatic N) is 1. The van der Waals surface area contributed by atoms with Crippen LogP contribution in [0.15, 0.2) is 15.3 Å². The number of carbonyl (C=O) groups is 1. The first kappa shape index (κ1) is 23.1. The summed E-state index contributed by atoms with van der Waals surface area (Å²) < 4.78 is 17.4. The average Bonchev–Trinajstić information content (AvgIpc) is 2.71. The van der Waals surface area contributed by atoms with Crippen LogP contribution in [0, 0.1) is 6.92 Å². The first-order valence-electron chi connectivity index (χ1n) is 10.5. The fourth-order valence-electron chi connectivity index (χ4n) is 4.03. The number of fused-ring (bicyclic) bond motifs is 3. The van der Waals surface area contributed by atoms with E-state index in [0.29, 0.717) is 22.6 Å². The van der Waals surface area contributed by atoms with E-state index in [-0.39, 0.29) is 30.9 Å². The number of rotatable bonds is 7. The van der Waals surface area contributed by atoms with E-state index in [1.165, 1.54) is 4.90 Å². The molecule has 0 saturated heterocycles. The number of carbonyl (C=O) groups excluding carboxylic acids is 1. The van der Waals surface area contributed by atoms with Crippen molar-refractivity contribution in [3.63, 3.8) is 0 Å². The minimum absolute atomic E-state index is 0.0248. The summed E-state index contributed by atoms with van der Waals surface area (Å²) >= 11 is 0. The van der Waals surface area contributed by atoms with Crippen LogP contribution in [0.5, 0.6) is 11.5 Å². The minimum Gasteiger partial charge on any atom is -0.496 e. The Morgan fingerprint density at radius 3 is 2.74 bits per heavy atom. The Kier molecular flexibility index (Phi) is 6.62. The van der Waals surface area contributed by atoms with E-state index in [1.807, 2.05) is 26.8 Å². The van der Waals surface area contributed by atoms with Gasteiger partial charge in [-0.25, -0.2) is 4.79 Å². The van der Waals surface area contributed by atoms with Gasteiger partial charge in [0.1, 0.15) is 22.7 Å². The van der Waals surface area contributed by atoms with Gasteiger partial charge < -0.3 is 29.0 Å². The monoisotopic (exact) mass is 433 g/mol. The predicted molar refractivity (Wildman–Crippen MR) is 116 cm³/mol. The van der Waals surface area contributed by atoms with Crippen LogP contribution >= 0.6 is 0 Å². The highest BCUT2D eigenvalue weighted by atomic mass is 16.5. The molecular formula is C23H31NO7. The van der Waals surface area contributed by atoms with Gasteiger partial charge in [-0.05, 0) is 45.6 Å². The Labute approximate surface area is 181 Å². The second-order valence-electron chi connectivity index (χ2n) is 8.73. The number of methoxy groups -OCH3 is 1.